The summed E-state index contributed by atoms with van der Waals surface area (Å²) in [6.45, 7) is 0.170. The fourth-order valence-electron chi connectivity index (χ4n) is 3.07. The molecule has 1 aliphatic carbocycles. The SMILES string of the molecule is OCCC[C@@]1(O)CCCC[C@@H]1c1ccccc1. The van der Waals surface area contributed by atoms with Crippen LogP contribution in [0.4, 0.5) is 0 Å². The molecule has 0 radical (unpaired) electrons. The number of rotatable bonds is 4. The van der Waals surface area contributed by atoms with E-state index in [1.165, 1.54) is 12.0 Å². The predicted octanol–water partition coefficient (Wildman–Crippen LogP) is 2.85. The van der Waals surface area contributed by atoms with Crippen LogP contribution in [-0.2, 0) is 0 Å². The average Bonchev–Trinajstić information content (AvgIpc) is 2.38. The largest absolute Gasteiger partial charge is 0.396 e. The highest BCUT2D eigenvalue weighted by Gasteiger charge is 2.38. The van der Waals surface area contributed by atoms with Crippen LogP contribution in [0, 0.1) is 0 Å². The molecule has 0 aromatic heterocycles. The topological polar surface area (TPSA) is 40.5 Å². The van der Waals surface area contributed by atoms with E-state index in [2.05, 4.69) is 12.1 Å². The third kappa shape index (κ3) is 2.88. The number of aliphatic hydroxyl groups is 2. The summed E-state index contributed by atoms with van der Waals surface area (Å²) in [6, 6.07) is 10.3. The first-order chi connectivity index (χ1) is 8.26. The van der Waals surface area contributed by atoms with E-state index in [4.69, 9.17) is 5.11 Å². The van der Waals surface area contributed by atoms with Crippen molar-refractivity contribution in [2.45, 2.75) is 50.0 Å². The van der Waals surface area contributed by atoms with Crippen molar-refractivity contribution in [1.29, 1.82) is 0 Å². The highest BCUT2D eigenvalue weighted by atomic mass is 16.3. The van der Waals surface area contributed by atoms with Gasteiger partial charge in [0.25, 0.3) is 0 Å². The standard InChI is InChI=1S/C15H22O2/c16-12-6-11-15(17)10-5-4-9-14(15)13-7-2-1-3-8-13/h1-3,7-8,14,16-17H,4-6,9-12H2/t14-,15+/m1/s1. The zero-order valence-electron chi connectivity index (χ0n) is 10.3. The van der Waals surface area contributed by atoms with Crippen LogP contribution in [0.1, 0.15) is 50.0 Å². The number of hydrogen-bond donors (Lipinski definition) is 2. The van der Waals surface area contributed by atoms with Crippen molar-refractivity contribution in [1.82, 2.24) is 0 Å². The fourth-order valence-corrected chi connectivity index (χ4v) is 3.07. The Morgan fingerprint density at radius 3 is 2.65 bits per heavy atom. The Kier molecular flexibility index (Phi) is 4.19. The van der Waals surface area contributed by atoms with Crippen molar-refractivity contribution in [3.8, 4) is 0 Å². The molecule has 1 aliphatic rings. The highest BCUT2D eigenvalue weighted by molar-refractivity contribution is 5.23. The van der Waals surface area contributed by atoms with Crippen LogP contribution in [0.25, 0.3) is 0 Å². The van der Waals surface area contributed by atoms with E-state index in [1.807, 2.05) is 18.2 Å². The van der Waals surface area contributed by atoms with Crippen molar-refractivity contribution in [3.05, 3.63) is 35.9 Å². The first-order valence-electron chi connectivity index (χ1n) is 6.64. The average molecular weight is 234 g/mol. The number of hydrogen-bond acceptors (Lipinski definition) is 2. The Morgan fingerprint density at radius 1 is 1.18 bits per heavy atom. The van der Waals surface area contributed by atoms with Crippen LogP contribution in [-0.4, -0.2) is 22.4 Å². The lowest BCUT2D eigenvalue weighted by atomic mass is 9.70. The molecule has 0 heterocycles. The third-order valence-electron chi connectivity index (χ3n) is 3.97. The van der Waals surface area contributed by atoms with Crippen molar-refractivity contribution >= 4 is 0 Å². The monoisotopic (exact) mass is 234 g/mol. The van der Waals surface area contributed by atoms with E-state index in [9.17, 15) is 5.11 Å². The molecule has 2 rings (SSSR count). The second-order valence-electron chi connectivity index (χ2n) is 5.14. The first-order valence-corrected chi connectivity index (χ1v) is 6.64. The van der Waals surface area contributed by atoms with Gasteiger partial charge in [0, 0.05) is 12.5 Å². The molecular weight excluding hydrogens is 212 g/mol. The van der Waals surface area contributed by atoms with E-state index < -0.39 is 5.60 Å². The van der Waals surface area contributed by atoms with Gasteiger partial charge in [0.1, 0.15) is 0 Å². The predicted molar refractivity (Wildman–Crippen MR) is 68.9 cm³/mol. The van der Waals surface area contributed by atoms with Gasteiger partial charge < -0.3 is 10.2 Å². The van der Waals surface area contributed by atoms with Gasteiger partial charge in [-0.1, -0.05) is 43.2 Å². The quantitative estimate of drug-likeness (QED) is 0.841. The lowest BCUT2D eigenvalue weighted by molar-refractivity contribution is -0.0287. The lowest BCUT2D eigenvalue weighted by Crippen LogP contribution is -2.39. The molecule has 2 heteroatoms. The minimum atomic E-state index is -0.609. The van der Waals surface area contributed by atoms with Gasteiger partial charge in [0.2, 0.25) is 0 Å². The molecule has 17 heavy (non-hydrogen) atoms. The summed E-state index contributed by atoms with van der Waals surface area (Å²) in [6.07, 6.45) is 5.63. The minimum absolute atomic E-state index is 0.170. The van der Waals surface area contributed by atoms with Gasteiger partial charge in [-0.05, 0) is 31.2 Å². The molecule has 94 valence electrons. The van der Waals surface area contributed by atoms with E-state index in [0.29, 0.717) is 12.8 Å². The zero-order chi connectivity index (χ0) is 12.1. The van der Waals surface area contributed by atoms with Gasteiger partial charge >= 0.3 is 0 Å². The van der Waals surface area contributed by atoms with Gasteiger partial charge in [0.05, 0.1) is 5.60 Å². The van der Waals surface area contributed by atoms with Gasteiger partial charge in [-0.3, -0.25) is 0 Å². The number of benzene rings is 1. The summed E-state index contributed by atoms with van der Waals surface area (Å²) in [5, 5.41) is 19.8. The summed E-state index contributed by atoms with van der Waals surface area (Å²) in [5.41, 5.74) is 0.634. The normalized spacial score (nSPS) is 29.2. The molecule has 1 aromatic carbocycles. The zero-order valence-corrected chi connectivity index (χ0v) is 10.3. The molecule has 2 N–H and O–H groups in total. The Labute approximate surface area is 103 Å². The van der Waals surface area contributed by atoms with E-state index in [1.54, 1.807) is 0 Å². The molecular formula is C15H22O2. The Balaban J connectivity index is 2.17. The van der Waals surface area contributed by atoms with Gasteiger partial charge in [-0.2, -0.15) is 0 Å². The Hall–Kier alpha value is -0.860. The van der Waals surface area contributed by atoms with Crippen LogP contribution in [0.3, 0.4) is 0 Å². The maximum absolute atomic E-state index is 10.8. The Morgan fingerprint density at radius 2 is 1.94 bits per heavy atom. The van der Waals surface area contributed by atoms with Gasteiger partial charge in [-0.15, -0.1) is 0 Å². The molecule has 1 saturated carbocycles. The molecule has 0 spiro atoms. The summed E-state index contributed by atoms with van der Waals surface area (Å²) in [7, 11) is 0. The van der Waals surface area contributed by atoms with Crippen molar-refractivity contribution in [2.75, 3.05) is 6.61 Å². The fraction of sp³-hybridized carbons (Fsp3) is 0.600. The van der Waals surface area contributed by atoms with Crippen molar-refractivity contribution in [3.63, 3.8) is 0 Å². The maximum Gasteiger partial charge on any atom is 0.0716 e. The maximum atomic E-state index is 10.8. The van der Waals surface area contributed by atoms with E-state index in [0.717, 1.165) is 19.3 Å². The summed E-state index contributed by atoms with van der Waals surface area (Å²) in [5.74, 6) is 0.240. The van der Waals surface area contributed by atoms with Gasteiger partial charge in [0.15, 0.2) is 0 Å². The molecule has 0 amide bonds. The molecule has 1 aromatic rings. The number of aliphatic hydroxyl groups excluding tert-OH is 1. The third-order valence-corrected chi connectivity index (χ3v) is 3.97. The molecule has 0 unspecified atom stereocenters. The first kappa shape index (κ1) is 12.6. The molecule has 2 nitrogen and oxygen atoms in total. The summed E-state index contributed by atoms with van der Waals surface area (Å²) < 4.78 is 0. The smallest absolute Gasteiger partial charge is 0.0716 e. The lowest BCUT2D eigenvalue weighted by Gasteiger charge is -2.40. The Bertz CT molecular complexity index is 336. The summed E-state index contributed by atoms with van der Waals surface area (Å²) in [4.78, 5) is 0. The highest BCUT2D eigenvalue weighted by Crippen LogP contribution is 2.43. The molecule has 2 atom stereocenters. The van der Waals surface area contributed by atoms with Crippen LogP contribution < -0.4 is 0 Å². The van der Waals surface area contributed by atoms with E-state index in [-0.39, 0.29) is 12.5 Å². The van der Waals surface area contributed by atoms with Crippen LogP contribution in [0.5, 0.6) is 0 Å². The van der Waals surface area contributed by atoms with Gasteiger partial charge in [-0.25, -0.2) is 0 Å². The van der Waals surface area contributed by atoms with E-state index >= 15 is 0 Å². The van der Waals surface area contributed by atoms with Crippen LogP contribution in [0.2, 0.25) is 0 Å². The second kappa shape index (κ2) is 5.65. The molecule has 0 saturated heterocycles. The second-order valence-corrected chi connectivity index (χ2v) is 5.14. The molecule has 1 fully saturated rings. The minimum Gasteiger partial charge on any atom is -0.396 e. The van der Waals surface area contributed by atoms with Crippen molar-refractivity contribution in [2.24, 2.45) is 0 Å². The van der Waals surface area contributed by atoms with Crippen LogP contribution in [0.15, 0.2) is 30.3 Å². The molecule has 0 aliphatic heterocycles. The van der Waals surface area contributed by atoms with Crippen molar-refractivity contribution < 1.29 is 10.2 Å². The molecule has 0 bridgehead atoms. The van der Waals surface area contributed by atoms with Crippen LogP contribution >= 0.6 is 0 Å². The summed E-state index contributed by atoms with van der Waals surface area (Å²) >= 11 is 0.